The number of nitrogens with two attached hydrogens (primary N) is 5. The molecular weight excluding hydrogens is 1380 g/mol. The number of aromatic hydroxyl groups is 1. The molecule has 107 heavy (non-hydrogen) atoms. The van der Waals surface area contributed by atoms with Crippen molar-refractivity contribution in [2.24, 2.45) is 58.3 Å². The Morgan fingerprint density at radius 3 is 0.757 bits per heavy atom. The highest BCUT2D eigenvalue weighted by Crippen LogP contribution is 2.17. The third-order valence-corrected chi connectivity index (χ3v) is 17.4. The van der Waals surface area contributed by atoms with Gasteiger partial charge in [0.25, 0.3) is 0 Å². The molecule has 24 N–H and O–H groups in total. The number of benzene rings is 1. The van der Waals surface area contributed by atoms with Crippen LogP contribution in [0.15, 0.2) is 24.3 Å². The molecule has 0 fully saturated rings. The van der Waals surface area contributed by atoms with Crippen LogP contribution in [0.25, 0.3) is 0 Å². The summed E-state index contributed by atoms with van der Waals surface area (Å²) in [5, 5.41) is 44.8. The fourth-order valence-corrected chi connectivity index (χ4v) is 11.6. The zero-order valence-electron chi connectivity index (χ0n) is 65.8. The van der Waals surface area contributed by atoms with Crippen molar-refractivity contribution in [1.82, 2.24) is 69.1 Å². The minimum absolute atomic E-state index is 0.00346. The summed E-state index contributed by atoms with van der Waals surface area (Å²) in [6.45, 7) is 24.8. The molecule has 33 nitrogen and oxygen atoms in total. The Kier molecular flexibility index (Phi) is 46.6. The van der Waals surface area contributed by atoms with Gasteiger partial charge in [-0.05, 0) is 203 Å². The van der Waals surface area contributed by atoms with E-state index in [9.17, 15) is 72.2 Å². The summed E-state index contributed by atoms with van der Waals surface area (Å²) in [4.78, 5) is 193. The molecule has 0 aliphatic rings. The van der Waals surface area contributed by atoms with Crippen LogP contribution < -0.4 is 97.8 Å². The van der Waals surface area contributed by atoms with Crippen LogP contribution in [0.4, 0.5) is 0 Å². The van der Waals surface area contributed by atoms with E-state index in [4.69, 9.17) is 28.7 Å². The molecule has 0 aliphatic heterocycles. The molecule has 608 valence electrons. The van der Waals surface area contributed by atoms with Gasteiger partial charge < -0.3 is 103 Å². The van der Waals surface area contributed by atoms with Crippen LogP contribution in [0.3, 0.4) is 0 Å². The highest BCUT2D eigenvalue weighted by atomic mass is 16.3. The van der Waals surface area contributed by atoms with Crippen molar-refractivity contribution < 1.29 is 72.2 Å². The lowest BCUT2D eigenvalue weighted by Crippen LogP contribution is -2.60. The van der Waals surface area contributed by atoms with Crippen molar-refractivity contribution in [3.8, 4) is 5.75 Å². The van der Waals surface area contributed by atoms with E-state index in [1.54, 1.807) is 26.0 Å². The summed E-state index contributed by atoms with van der Waals surface area (Å²) in [6.07, 6.45) is 4.73. The first-order valence-electron chi connectivity index (χ1n) is 38.1. The molecule has 0 bridgehead atoms. The predicted molar refractivity (Wildman–Crippen MR) is 408 cm³/mol. The van der Waals surface area contributed by atoms with Gasteiger partial charge in [-0.25, -0.2) is 0 Å². The van der Waals surface area contributed by atoms with E-state index in [2.05, 4.69) is 69.1 Å². The van der Waals surface area contributed by atoms with E-state index in [1.807, 2.05) is 55.4 Å². The Balaban J connectivity index is 3.41. The molecule has 0 unspecified atom stereocenters. The highest BCUT2D eigenvalue weighted by molar-refractivity contribution is 6.00. The molecule has 0 saturated carbocycles. The van der Waals surface area contributed by atoms with Gasteiger partial charge in [0.1, 0.15) is 84.3 Å². The first-order valence-corrected chi connectivity index (χ1v) is 38.1. The molecule has 33 heteroatoms. The summed E-state index contributed by atoms with van der Waals surface area (Å²) in [7, 11) is 0. The number of unbranched alkanes of at least 4 members (excludes halogenated alkanes) is 4. The van der Waals surface area contributed by atoms with E-state index in [-0.39, 0.29) is 113 Å². The molecule has 1 aromatic carbocycles. The van der Waals surface area contributed by atoms with Gasteiger partial charge in [-0.2, -0.15) is 0 Å². The molecule has 0 aliphatic carbocycles. The zero-order chi connectivity index (χ0) is 81.2. The average molecular weight is 1510 g/mol. The molecule has 1 aromatic rings. The van der Waals surface area contributed by atoms with Crippen LogP contribution in [0.2, 0.25) is 0 Å². The minimum Gasteiger partial charge on any atom is -0.508 e. The molecule has 0 radical (unpaired) electrons. The van der Waals surface area contributed by atoms with Gasteiger partial charge in [0.15, 0.2) is 0 Å². The number of hydrogen-bond donors (Lipinski definition) is 19. The van der Waals surface area contributed by atoms with Crippen LogP contribution in [0.1, 0.15) is 212 Å². The van der Waals surface area contributed by atoms with E-state index in [1.165, 1.54) is 39.8 Å². The molecule has 0 spiro atoms. The third-order valence-electron chi connectivity index (χ3n) is 17.4. The van der Waals surface area contributed by atoms with Crippen molar-refractivity contribution in [2.75, 3.05) is 26.2 Å². The first kappa shape index (κ1) is 96.5. The smallest absolute Gasteiger partial charge is 0.243 e. The average Bonchev–Trinajstić information content (AvgIpc) is 0.864. The third kappa shape index (κ3) is 39.7. The van der Waals surface area contributed by atoms with Crippen molar-refractivity contribution >= 4 is 82.7 Å². The van der Waals surface area contributed by atoms with Crippen molar-refractivity contribution in [1.29, 1.82) is 0 Å². The standard InChI is InChI=1S/C74H132N18O15/c1-41(2)35-56(69(102)81-47(12)64(97)89-59(38-44(7)8)72(105)85-53(24-16-20-32-76)66(99)80-46(11)63(96)88-58(37-43(5)6)71(104)84-52(62(79)95)23-15-19-31-75)91-67(100)54(25-17-21-33-77)86-73(106)60(39-45(9)10)90-65(98)48(13)82-70(103)57(36-42(3)4)92-68(101)55(26-18-22-34-78)87-74(107)61(83-49(14)93)40-50-27-29-51(94)30-28-50/h27-30,41-48,52-61,94H,15-26,31-40,75-78H2,1-14H3,(H2,79,95)(H,80,99)(H,81,102)(H,82,103)(H,83,93)(H,84,104)(H,85,105)(H,86,106)(H,87,107)(H,88,96)(H,89,97)(H,90,98)(H,91,100)(H,92,101)/t46-,47-,48-,52-,53-,54-,55-,56-,57-,58-,59-,60-,61-/m0/s1. The molecule has 1 rings (SSSR count). The lowest BCUT2D eigenvalue weighted by Gasteiger charge is -2.29. The second-order valence-corrected chi connectivity index (χ2v) is 30.1. The van der Waals surface area contributed by atoms with Crippen LogP contribution in [-0.4, -0.2) is 193 Å². The quantitative estimate of drug-likeness (QED) is 0.0367. The Morgan fingerprint density at radius 2 is 0.505 bits per heavy atom. The predicted octanol–water partition coefficient (Wildman–Crippen LogP) is -0.451. The second-order valence-electron chi connectivity index (χ2n) is 30.1. The number of carbonyl (C=O) groups is 14. The summed E-state index contributed by atoms with van der Waals surface area (Å²) >= 11 is 0. The topological polar surface area (TPSA) is 546 Å². The van der Waals surface area contributed by atoms with Crippen molar-refractivity contribution in [3.05, 3.63) is 29.8 Å². The van der Waals surface area contributed by atoms with E-state index in [0.717, 1.165) is 0 Å². The van der Waals surface area contributed by atoms with Gasteiger partial charge >= 0.3 is 0 Å². The number of amides is 14. The maximum Gasteiger partial charge on any atom is 0.243 e. The maximum atomic E-state index is 14.5. The first-order chi connectivity index (χ1) is 50.3. The number of rotatable bonds is 54. The Labute approximate surface area is 632 Å². The van der Waals surface area contributed by atoms with E-state index in [0.29, 0.717) is 70.0 Å². The van der Waals surface area contributed by atoms with Crippen LogP contribution >= 0.6 is 0 Å². The number of phenols is 1. The highest BCUT2D eigenvalue weighted by Gasteiger charge is 2.37. The van der Waals surface area contributed by atoms with Gasteiger partial charge in [-0.1, -0.05) is 81.4 Å². The van der Waals surface area contributed by atoms with E-state index >= 15 is 0 Å². The van der Waals surface area contributed by atoms with Gasteiger partial charge in [0, 0.05) is 13.3 Å². The lowest BCUT2D eigenvalue weighted by atomic mass is 10.00. The summed E-state index contributed by atoms with van der Waals surface area (Å²) in [6, 6.07) is -9.69. The van der Waals surface area contributed by atoms with Gasteiger partial charge in [-0.15, -0.1) is 0 Å². The minimum atomic E-state index is -1.31. The Bertz CT molecular complexity index is 2990. The SMILES string of the molecule is CC(=O)N[C@@H](Cc1ccc(O)cc1)C(=O)N[C@@H](CCCCN)C(=O)N[C@@H](CC(C)C)C(=O)N[C@@H](C)C(=O)N[C@@H](CC(C)C)C(=O)N[C@@H](CCCCN)C(=O)N[C@@H](CC(C)C)C(=O)N[C@@H](C)C(=O)N[C@@H](CC(C)C)C(=O)N[C@@H](CCCCN)C(=O)N[C@@H](C)C(=O)N[C@@H](CC(C)C)C(=O)N[C@@H](CCCCN)C(N)=O. The molecule has 13 atom stereocenters. The molecule has 0 saturated heterocycles. The molecule has 0 aromatic heterocycles. The summed E-state index contributed by atoms with van der Waals surface area (Å²) < 4.78 is 0. The number of nitrogens with one attached hydrogen (secondary N) is 13. The maximum absolute atomic E-state index is 14.5. The van der Waals surface area contributed by atoms with Gasteiger partial charge in [-0.3, -0.25) is 67.1 Å². The van der Waals surface area contributed by atoms with Gasteiger partial charge in [0.05, 0.1) is 0 Å². The monoisotopic (exact) mass is 1510 g/mol. The molecular formula is C74H132N18O15. The van der Waals surface area contributed by atoms with Crippen molar-refractivity contribution in [3.63, 3.8) is 0 Å². The van der Waals surface area contributed by atoms with Crippen LogP contribution in [0, 0.1) is 29.6 Å². The number of hydrogen-bond acceptors (Lipinski definition) is 19. The fraction of sp³-hybridized carbons (Fsp3) is 0.730. The van der Waals surface area contributed by atoms with E-state index < -0.39 is 161 Å². The number of phenolic OH excluding ortho intramolecular Hbond substituents is 1. The summed E-state index contributed by atoms with van der Waals surface area (Å²) in [5.41, 5.74) is 29.2. The normalized spacial score (nSPS) is 15.1. The Hall–Kier alpha value is -8.56. The number of carbonyl (C=O) groups excluding carboxylic acids is 14. The molecule has 14 amide bonds. The number of primary amides is 1. The lowest BCUT2D eigenvalue weighted by molar-refractivity contribution is -0.136. The zero-order valence-corrected chi connectivity index (χ0v) is 65.8. The fourth-order valence-electron chi connectivity index (χ4n) is 11.6. The van der Waals surface area contributed by atoms with Crippen LogP contribution in [0.5, 0.6) is 5.75 Å². The van der Waals surface area contributed by atoms with Crippen molar-refractivity contribution in [2.45, 2.75) is 291 Å². The largest absolute Gasteiger partial charge is 0.508 e. The Morgan fingerprint density at radius 1 is 0.290 bits per heavy atom. The molecule has 0 heterocycles. The van der Waals surface area contributed by atoms with Crippen LogP contribution in [-0.2, 0) is 73.5 Å². The summed E-state index contributed by atoms with van der Waals surface area (Å²) in [5.74, 6) is -11.0. The second kappa shape index (κ2) is 51.7. The van der Waals surface area contributed by atoms with Gasteiger partial charge in [0.2, 0.25) is 82.7 Å².